The minimum atomic E-state index is -0.00696. The van der Waals surface area contributed by atoms with Gasteiger partial charge in [-0.1, -0.05) is 6.07 Å². The van der Waals surface area contributed by atoms with Gasteiger partial charge in [0.05, 0.1) is 23.2 Å². The van der Waals surface area contributed by atoms with Crippen LogP contribution in [0.15, 0.2) is 41.2 Å². The summed E-state index contributed by atoms with van der Waals surface area (Å²) in [6, 6.07) is 12.1. The average molecular weight is 388 g/mol. The van der Waals surface area contributed by atoms with Gasteiger partial charge in [0.1, 0.15) is 5.65 Å². The van der Waals surface area contributed by atoms with Crippen molar-refractivity contribution < 1.29 is 4.74 Å². The van der Waals surface area contributed by atoms with E-state index in [1.165, 1.54) is 0 Å². The molecule has 0 bridgehead atoms. The van der Waals surface area contributed by atoms with Crippen molar-refractivity contribution in [1.29, 1.82) is 0 Å². The molecular weight excluding hydrogens is 364 g/mol. The first kappa shape index (κ1) is 18.1. The lowest BCUT2D eigenvalue weighted by molar-refractivity contribution is 0.0792. The molecule has 6 heteroatoms. The van der Waals surface area contributed by atoms with E-state index >= 15 is 0 Å². The van der Waals surface area contributed by atoms with Crippen molar-refractivity contribution >= 4 is 16.6 Å². The number of pyridine rings is 1. The third kappa shape index (κ3) is 3.04. The Bertz CT molecular complexity index is 1280. The molecule has 1 aliphatic rings. The molecule has 29 heavy (non-hydrogen) atoms. The summed E-state index contributed by atoms with van der Waals surface area (Å²) < 4.78 is 9.24. The van der Waals surface area contributed by atoms with Crippen molar-refractivity contribution in [3.63, 3.8) is 0 Å². The molecule has 3 aromatic heterocycles. The third-order valence-corrected chi connectivity index (χ3v) is 5.81. The Morgan fingerprint density at radius 1 is 1.07 bits per heavy atom. The third-order valence-electron chi connectivity index (χ3n) is 5.81. The van der Waals surface area contributed by atoms with Crippen LogP contribution in [0.5, 0.6) is 0 Å². The minimum absolute atomic E-state index is 0.00696. The van der Waals surface area contributed by atoms with Gasteiger partial charge in [0, 0.05) is 37.0 Å². The highest BCUT2D eigenvalue weighted by Crippen LogP contribution is 2.28. The highest BCUT2D eigenvalue weighted by molar-refractivity contribution is 5.85. The van der Waals surface area contributed by atoms with Crippen molar-refractivity contribution in [2.75, 3.05) is 13.2 Å². The lowest BCUT2D eigenvalue weighted by Crippen LogP contribution is -2.19. The predicted molar refractivity (Wildman–Crippen MR) is 113 cm³/mol. The largest absolute Gasteiger partial charge is 0.381 e. The summed E-state index contributed by atoms with van der Waals surface area (Å²) in [5.41, 5.74) is 6.73. The molecule has 1 atom stereocenters. The first-order valence-electron chi connectivity index (χ1n) is 10.1. The minimum Gasteiger partial charge on any atom is -0.381 e. The Morgan fingerprint density at radius 3 is 2.59 bits per heavy atom. The fourth-order valence-electron chi connectivity index (χ4n) is 4.33. The Hall–Kier alpha value is -2.99. The van der Waals surface area contributed by atoms with E-state index in [1.807, 2.05) is 43.6 Å². The highest BCUT2D eigenvalue weighted by Gasteiger charge is 2.21. The Morgan fingerprint density at radius 2 is 1.86 bits per heavy atom. The maximum absolute atomic E-state index is 13.0. The number of ether oxygens (including phenoxy) is 1. The molecule has 4 heterocycles. The number of aryl methyl sites for hydroxylation is 3. The van der Waals surface area contributed by atoms with E-state index in [1.54, 1.807) is 4.57 Å². The Kier molecular flexibility index (Phi) is 4.24. The second kappa shape index (κ2) is 6.81. The normalized spacial score (nSPS) is 17.3. The van der Waals surface area contributed by atoms with Crippen LogP contribution in [0.25, 0.3) is 27.7 Å². The number of hydrogen-bond acceptors (Lipinski definition) is 4. The number of benzene rings is 1. The van der Waals surface area contributed by atoms with Gasteiger partial charge in [-0.3, -0.25) is 14.3 Å². The lowest BCUT2D eigenvalue weighted by atomic mass is 9.99. The van der Waals surface area contributed by atoms with Crippen molar-refractivity contribution in [3.05, 3.63) is 63.8 Å². The van der Waals surface area contributed by atoms with Crippen molar-refractivity contribution in [2.45, 2.75) is 32.6 Å². The summed E-state index contributed by atoms with van der Waals surface area (Å²) in [5, 5.41) is 5.57. The standard InChI is InChI=1S/C23H24N4O2/c1-14-9-18(10-15(2)24-14)16-6-7-19-21(11-16)27-22(26(3)23(19)28)12-20(25-27)17-5-4-8-29-13-17/h6-7,9-12,17H,4-5,8,13H2,1-3H3. The molecule has 0 amide bonds. The monoisotopic (exact) mass is 388 g/mol. The van der Waals surface area contributed by atoms with E-state index in [4.69, 9.17) is 9.84 Å². The maximum atomic E-state index is 13.0. The van der Waals surface area contributed by atoms with Crippen LogP contribution in [-0.2, 0) is 11.8 Å². The van der Waals surface area contributed by atoms with Crippen LogP contribution < -0.4 is 5.56 Å². The zero-order valence-electron chi connectivity index (χ0n) is 17.0. The van der Waals surface area contributed by atoms with E-state index in [-0.39, 0.29) is 11.5 Å². The van der Waals surface area contributed by atoms with E-state index in [0.717, 1.165) is 58.8 Å². The number of hydrogen-bond donors (Lipinski definition) is 0. The van der Waals surface area contributed by atoms with Gasteiger partial charge >= 0.3 is 0 Å². The molecule has 0 N–H and O–H groups in total. The smallest absolute Gasteiger partial charge is 0.261 e. The molecular formula is C23H24N4O2. The van der Waals surface area contributed by atoms with Crippen LogP contribution in [0.1, 0.15) is 35.8 Å². The van der Waals surface area contributed by atoms with Crippen molar-refractivity contribution in [1.82, 2.24) is 19.2 Å². The topological polar surface area (TPSA) is 61.4 Å². The van der Waals surface area contributed by atoms with Crippen molar-refractivity contribution in [3.8, 4) is 11.1 Å². The highest BCUT2D eigenvalue weighted by atomic mass is 16.5. The summed E-state index contributed by atoms with van der Waals surface area (Å²) in [6.07, 6.45) is 2.11. The molecule has 0 spiro atoms. The number of aromatic nitrogens is 4. The molecule has 0 saturated carbocycles. The second-order valence-corrected chi connectivity index (χ2v) is 7.99. The lowest BCUT2D eigenvalue weighted by Gasteiger charge is -2.19. The zero-order valence-corrected chi connectivity index (χ0v) is 17.0. The fourth-order valence-corrected chi connectivity index (χ4v) is 4.33. The van der Waals surface area contributed by atoms with E-state index in [2.05, 4.69) is 23.2 Å². The van der Waals surface area contributed by atoms with Gasteiger partial charge in [0.15, 0.2) is 0 Å². The first-order valence-corrected chi connectivity index (χ1v) is 10.1. The molecule has 1 aromatic carbocycles. The van der Waals surface area contributed by atoms with Crippen LogP contribution >= 0.6 is 0 Å². The Balaban J connectivity index is 1.75. The molecule has 148 valence electrons. The molecule has 0 radical (unpaired) electrons. The van der Waals surface area contributed by atoms with E-state index in [0.29, 0.717) is 12.0 Å². The Labute approximate surface area is 168 Å². The SMILES string of the molecule is Cc1cc(-c2ccc3c(=O)n(C)c4cc(C5CCCOC5)nn4c3c2)cc(C)n1. The summed E-state index contributed by atoms with van der Waals surface area (Å²) in [4.78, 5) is 17.4. The van der Waals surface area contributed by atoms with Crippen molar-refractivity contribution in [2.24, 2.45) is 7.05 Å². The number of fused-ring (bicyclic) bond motifs is 3. The van der Waals surface area contributed by atoms with Gasteiger partial charge in [-0.05, 0) is 62.1 Å². The first-order chi connectivity index (χ1) is 14.0. The second-order valence-electron chi connectivity index (χ2n) is 7.99. The van der Waals surface area contributed by atoms with Crippen LogP contribution in [0.4, 0.5) is 0 Å². The van der Waals surface area contributed by atoms with Gasteiger partial charge in [-0.2, -0.15) is 5.10 Å². The molecule has 1 aliphatic heterocycles. The van der Waals surface area contributed by atoms with Crippen LogP contribution in [0.3, 0.4) is 0 Å². The van der Waals surface area contributed by atoms with Gasteiger partial charge < -0.3 is 4.74 Å². The maximum Gasteiger partial charge on any atom is 0.261 e. The van der Waals surface area contributed by atoms with Gasteiger partial charge in [0.2, 0.25) is 0 Å². The predicted octanol–water partition coefficient (Wildman–Crippen LogP) is 3.76. The van der Waals surface area contributed by atoms with Crippen LogP contribution in [0.2, 0.25) is 0 Å². The van der Waals surface area contributed by atoms with Gasteiger partial charge in [-0.25, -0.2) is 4.52 Å². The summed E-state index contributed by atoms with van der Waals surface area (Å²) in [6.45, 7) is 5.50. The van der Waals surface area contributed by atoms with E-state index < -0.39 is 0 Å². The average Bonchev–Trinajstić information content (AvgIpc) is 3.17. The number of rotatable bonds is 2. The molecule has 1 unspecified atom stereocenters. The van der Waals surface area contributed by atoms with Crippen LogP contribution in [-0.4, -0.2) is 32.4 Å². The summed E-state index contributed by atoms with van der Waals surface area (Å²) in [5.74, 6) is 0.280. The summed E-state index contributed by atoms with van der Waals surface area (Å²) in [7, 11) is 1.81. The van der Waals surface area contributed by atoms with Crippen LogP contribution in [0, 0.1) is 13.8 Å². The van der Waals surface area contributed by atoms with Gasteiger partial charge in [-0.15, -0.1) is 0 Å². The molecule has 0 aliphatic carbocycles. The zero-order chi connectivity index (χ0) is 20.1. The number of nitrogens with zero attached hydrogens (tertiary/aromatic N) is 4. The quantitative estimate of drug-likeness (QED) is 0.525. The summed E-state index contributed by atoms with van der Waals surface area (Å²) >= 11 is 0. The molecule has 4 aromatic rings. The molecule has 1 fully saturated rings. The fraction of sp³-hybridized carbons (Fsp3) is 0.348. The van der Waals surface area contributed by atoms with E-state index in [9.17, 15) is 4.79 Å². The molecule has 1 saturated heterocycles. The molecule has 6 nitrogen and oxygen atoms in total. The molecule has 5 rings (SSSR count). The van der Waals surface area contributed by atoms with Gasteiger partial charge in [0.25, 0.3) is 5.56 Å².